The first kappa shape index (κ1) is 15.0. The maximum absolute atomic E-state index is 9.33. The summed E-state index contributed by atoms with van der Waals surface area (Å²) >= 11 is 0. The molecule has 0 radical (unpaired) electrons. The molecule has 1 atom stereocenters. The van der Waals surface area contributed by atoms with Gasteiger partial charge in [0.2, 0.25) is 0 Å². The van der Waals surface area contributed by atoms with Crippen LogP contribution in [0.3, 0.4) is 0 Å². The van der Waals surface area contributed by atoms with Crippen LogP contribution >= 0.6 is 0 Å². The lowest BCUT2D eigenvalue weighted by Crippen LogP contribution is -2.24. The first-order valence-corrected chi connectivity index (χ1v) is 6.28. The molecule has 0 heterocycles. The van der Waals surface area contributed by atoms with Gasteiger partial charge in [0.1, 0.15) is 18.5 Å². The van der Waals surface area contributed by atoms with Crippen molar-refractivity contribution in [2.75, 3.05) is 13.2 Å². The molecule has 1 rings (SSSR count). The molecule has 1 unspecified atom stereocenters. The fourth-order valence-corrected chi connectivity index (χ4v) is 1.61. The number of para-hydroxylation sites is 1. The first-order valence-electron chi connectivity index (χ1n) is 6.28. The zero-order valence-corrected chi connectivity index (χ0v) is 11.3. The number of aryl methyl sites for hydroxylation is 1. The summed E-state index contributed by atoms with van der Waals surface area (Å²) in [4.78, 5) is 0. The molecule has 4 heteroatoms. The second-order valence-corrected chi connectivity index (χ2v) is 4.75. The average Bonchev–Trinajstić information content (AvgIpc) is 2.34. The van der Waals surface area contributed by atoms with Crippen molar-refractivity contribution in [2.24, 2.45) is 0 Å². The third-order valence-corrected chi connectivity index (χ3v) is 2.63. The van der Waals surface area contributed by atoms with Crippen LogP contribution in [0.5, 0.6) is 5.75 Å². The first-order chi connectivity index (χ1) is 8.54. The average molecular weight is 253 g/mol. The van der Waals surface area contributed by atoms with Crippen molar-refractivity contribution in [3.63, 3.8) is 0 Å². The molecule has 102 valence electrons. The Hall–Kier alpha value is -1.10. The van der Waals surface area contributed by atoms with Gasteiger partial charge in [-0.25, -0.2) is 0 Å². The molecule has 0 fully saturated rings. The highest BCUT2D eigenvalue weighted by molar-refractivity contribution is 5.40. The van der Waals surface area contributed by atoms with Gasteiger partial charge in [-0.3, -0.25) is 0 Å². The van der Waals surface area contributed by atoms with Crippen molar-refractivity contribution in [2.45, 2.75) is 39.5 Å². The van der Waals surface area contributed by atoms with E-state index in [0.717, 1.165) is 23.4 Å². The highest BCUT2D eigenvalue weighted by Gasteiger charge is 2.10. The molecule has 0 saturated heterocycles. The number of aliphatic hydroxyl groups is 2. The number of hydrogen-bond acceptors (Lipinski definition) is 4. The molecule has 3 N–H and O–H groups in total. The maximum Gasteiger partial charge on any atom is 0.126 e. The summed E-state index contributed by atoms with van der Waals surface area (Å²) in [6, 6.07) is 6.37. The molecule has 1 aromatic rings. The third-order valence-electron chi connectivity index (χ3n) is 2.63. The zero-order chi connectivity index (χ0) is 13.5. The van der Waals surface area contributed by atoms with Gasteiger partial charge >= 0.3 is 0 Å². The second-order valence-electron chi connectivity index (χ2n) is 4.75. The predicted molar refractivity (Wildman–Crippen MR) is 71.7 cm³/mol. The number of benzene rings is 1. The van der Waals surface area contributed by atoms with Gasteiger partial charge in [-0.15, -0.1) is 0 Å². The smallest absolute Gasteiger partial charge is 0.126 e. The van der Waals surface area contributed by atoms with Gasteiger partial charge in [0.15, 0.2) is 0 Å². The van der Waals surface area contributed by atoms with Crippen LogP contribution in [0.1, 0.15) is 25.0 Å². The maximum atomic E-state index is 9.33. The minimum atomic E-state index is -0.837. The summed E-state index contributed by atoms with van der Waals surface area (Å²) in [7, 11) is 0. The third kappa shape index (κ3) is 4.64. The van der Waals surface area contributed by atoms with Crippen molar-refractivity contribution in [1.29, 1.82) is 0 Å². The van der Waals surface area contributed by atoms with Crippen LogP contribution < -0.4 is 10.1 Å². The molecule has 18 heavy (non-hydrogen) atoms. The molecule has 0 saturated carbocycles. The topological polar surface area (TPSA) is 61.7 Å². The molecule has 0 aliphatic rings. The molecule has 1 aromatic carbocycles. The van der Waals surface area contributed by atoms with E-state index in [2.05, 4.69) is 19.2 Å². The van der Waals surface area contributed by atoms with Crippen molar-refractivity contribution in [3.05, 3.63) is 29.3 Å². The number of hydrogen-bond donors (Lipinski definition) is 3. The summed E-state index contributed by atoms with van der Waals surface area (Å²) in [5.74, 6) is 0.790. The van der Waals surface area contributed by atoms with Crippen molar-refractivity contribution < 1.29 is 14.9 Å². The van der Waals surface area contributed by atoms with E-state index in [9.17, 15) is 5.11 Å². The summed E-state index contributed by atoms with van der Waals surface area (Å²) in [6.45, 7) is 6.70. The van der Waals surface area contributed by atoms with Gasteiger partial charge in [-0.1, -0.05) is 32.0 Å². The van der Waals surface area contributed by atoms with E-state index in [-0.39, 0.29) is 13.2 Å². The molecular weight excluding hydrogens is 230 g/mol. The lowest BCUT2D eigenvalue weighted by molar-refractivity contribution is 0.0530. The Kier molecular flexibility index (Phi) is 6.12. The Morgan fingerprint density at radius 2 is 2.06 bits per heavy atom. The molecule has 4 nitrogen and oxygen atoms in total. The Labute approximate surface area is 109 Å². The molecular formula is C14H23NO3. The predicted octanol–water partition coefficient (Wildman–Crippen LogP) is 1.23. The largest absolute Gasteiger partial charge is 0.490 e. The number of aliphatic hydroxyl groups excluding tert-OH is 2. The second kappa shape index (κ2) is 7.36. The van der Waals surface area contributed by atoms with E-state index in [1.165, 1.54) is 0 Å². The van der Waals surface area contributed by atoms with E-state index in [0.29, 0.717) is 6.04 Å². The minimum absolute atomic E-state index is 0.107. The summed E-state index contributed by atoms with van der Waals surface area (Å²) in [5.41, 5.74) is 2.09. The van der Waals surface area contributed by atoms with Crippen LogP contribution in [0, 0.1) is 6.92 Å². The van der Waals surface area contributed by atoms with Crippen LogP contribution in [-0.2, 0) is 6.54 Å². The van der Waals surface area contributed by atoms with E-state index >= 15 is 0 Å². The summed E-state index contributed by atoms with van der Waals surface area (Å²) < 4.78 is 5.60. The zero-order valence-electron chi connectivity index (χ0n) is 11.3. The van der Waals surface area contributed by atoms with Gasteiger partial charge in [-0.2, -0.15) is 0 Å². The highest BCUT2D eigenvalue weighted by Crippen LogP contribution is 2.23. The number of ether oxygens (including phenoxy) is 1. The quantitative estimate of drug-likeness (QED) is 0.684. The minimum Gasteiger partial charge on any atom is -0.490 e. The van der Waals surface area contributed by atoms with E-state index in [1.807, 2.05) is 25.1 Å². The number of nitrogens with one attached hydrogen (secondary N) is 1. The van der Waals surface area contributed by atoms with E-state index in [4.69, 9.17) is 9.84 Å². The van der Waals surface area contributed by atoms with Crippen molar-refractivity contribution >= 4 is 0 Å². The molecule has 0 amide bonds. The molecule has 0 spiro atoms. The summed E-state index contributed by atoms with van der Waals surface area (Å²) in [6.07, 6.45) is -0.837. The Balaban J connectivity index is 2.73. The van der Waals surface area contributed by atoms with Crippen LogP contribution in [0.15, 0.2) is 18.2 Å². The molecule has 0 aliphatic carbocycles. The van der Waals surface area contributed by atoms with Crippen LogP contribution in [-0.4, -0.2) is 35.6 Å². The van der Waals surface area contributed by atoms with Gasteiger partial charge in [0.25, 0.3) is 0 Å². The number of rotatable bonds is 7. The molecule has 0 bridgehead atoms. The Morgan fingerprint density at radius 1 is 1.33 bits per heavy atom. The van der Waals surface area contributed by atoms with Crippen molar-refractivity contribution in [3.8, 4) is 5.75 Å². The van der Waals surface area contributed by atoms with Gasteiger partial charge in [0.05, 0.1) is 6.61 Å². The van der Waals surface area contributed by atoms with Gasteiger partial charge in [0, 0.05) is 18.2 Å². The fraction of sp³-hybridized carbons (Fsp3) is 0.571. The summed E-state index contributed by atoms with van der Waals surface area (Å²) in [5, 5.41) is 21.5. The Morgan fingerprint density at radius 3 is 2.67 bits per heavy atom. The lowest BCUT2D eigenvalue weighted by Gasteiger charge is -2.17. The fourth-order valence-electron chi connectivity index (χ4n) is 1.61. The van der Waals surface area contributed by atoms with Crippen LogP contribution in [0.2, 0.25) is 0 Å². The monoisotopic (exact) mass is 253 g/mol. The van der Waals surface area contributed by atoms with Gasteiger partial charge in [-0.05, 0) is 12.5 Å². The van der Waals surface area contributed by atoms with Crippen LogP contribution in [0.25, 0.3) is 0 Å². The van der Waals surface area contributed by atoms with Gasteiger partial charge < -0.3 is 20.3 Å². The SMILES string of the molecule is Cc1cccc(CNC(C)C)c1OCC(O)CO. The highest BCUT2D eigenvalue weighted by atomic mass is 16.5. The standard InChI is InChI=1S/C14H23NO3/c1-10(2)15-7-12-6-4-5-11(3)14(12)18-9-13(17)8-16/h4-6,10,13,15-17H,7-9H2,1-3H3. The Bertz CT molecular complexity index is 366. The van der Waals surface area contributed by atoms with E-state index in [1.54, 1.807) is 0 Å². The lowest BCUT2D eigenvalue weighted by atomic mass is 10.1. The molecule has 0 aliphatic heterocycles. The van der Waals surface area contributed by atoms with Crippen molar-refractivity contribution in [1.82, 2.24) is 5.32 Å². The molecule has 0 aromatic heterocycles. The normalized spacial score (nSPS) is 12.8. The van der Waals surface area contributed by atoms with Crippen LogP contribution in [0.4, 0.5) is 0 Å². The van der Waals surface area contributed by atoms with E-state index < -0.39 is 6.10 Å².